The summed E-state index contributed by atoms with van der Waals surface area (Å²) in [5.41, 5.74) is 0.797. The largest absolute Gasteiger partial charge is 0.374 e. The molecule has 0 spiro atoms. The van der Waals surface area contributed by atoms with Crippen molar-refractivity contribution in [2.45, 2.75) is 19.6 Å². The first kappa shape index (κ1) is 18.9. The van der Waals surface area contributed by atoms with Crippen molar-refractivity contribution in [2.24, 2.45) is 7.05 Å². The van der Waals surface area contributed by atoms with Gasteiger partial charge in [0.25, 0.3) is 0 Å². The predicted octanol–water partition coefficient (Wildman–Crippen LogP) is 0.674. The van der Waals surface area contributed by atoms with Gasteiger partial charge in [0.1, 0.15) is 11.5 Å². The monoisotopic (exact) mass is 375 g/mol. The number of rotatable bonds is 4. The normalized spacial score (nSPS) is 19.2. The molecular formula is C14H22ClN5O3S. The highest BCUT2D eigenvalue weighted by Gasteiger charge is 2.27. The molecule has 2 aromatic heterocycles. The van der Waals surface area contributed by atoms with E-state index in [0.717, 1.165) is 17.3 Å². The van der Waals surface area contributed by atoms with Crippen LogP contribution in [0.1, 0.15) is 5.82 Å². The molecule has 24 heavy (non-hydrogen) atoms. The standard InChI is InChI=1S/C14H21N5O3S.ClH/c1-11-16-13(10-17(11)2)14-15-4-5-18(14)8-12-9-19(6-7-22-12)23(3,20)21;/h4-5,10,12H,6-9H2,1-3H3;1H. The van der Waals surface area contributed by atoms with Crippen LogP contribution in [0.2, 0.25) is 0 Å². The molecule has 1 saturated heterocycles. The molecule has 10 heteroatoms. The van der Waals surface area contributed by atoms with Gasteiger partial charge in [-0.25, -0.2) is 18.4 Å². The van der Waals surface area contributed by atoms with Crippen LogP contribution in [0.3, 0.4) is 0 Å². The van der Waals surface area contributed by atoms with Crippen molar-refractivity contribution < 1.29 is 13.2 Å². The molecule has 0 aliphatic carbocycles. The number of ether oxygens (including phenoxy) is 1. The molecule has 134 valence electrons. The lowest BCUT2D eigenvalue weighted by Crippen LogP contribution is -2.46. The van der Waals surface area contributed by atoms with Gasteiger partial charge in [-0.1, -0.05) is 0 Å². The number of nitrogens with zero attached hydrogens (tertiary/aromatic N) is 5. The number of imidazole rings is 2. The van der Waals surface area contributed by atoms with Gasteiger partial charge in [-0.3, -0.25) is 0 Å². The van der Waals surface area contributed by atoms with E-state index in [-0.39, 0.29) is 18.5 Å². The number of hydrogen-bond donors (Lipinski definition) is 0. The van der Waals surface area contributed by atoms with E-state index >= 15 is 0 Å². The Morgan fingerprint density at radius 1 is 1.42 bits per heavy atom. The number of sulfonamides is 1. The second kappa shape index (κ2) is 7.22. The van der Waals surface area contributed by atoms with Crippen molar-refractivity contribution in [3.63, 3.8) is 0 Å². The van der Waals surface area contributed by atoms with Crippen LogP contribution in [0.25, 0.3) is 11.5 Å². The zero-order chi connectivity index (χ0) is 16.6. The molecule has 0 amide bonds. The Hall–Kier alpha value is -1.42. The average molecular weight is 376 g/mol. The van der Waals surface area contributed by atoms with Gasteiger partial charge >= 0.3 is 0 Å². The van der Waals surface area contributed by atoms with E-state index < -0.39 is 10.0 Å². The molecule has 1 atom stereocenters. The van der Waals surface area contributed by atoms with Gasteiger partial charge in [-0.2, -0.15) is 4.31 Å². The summed E-state index contributed by atoms with van der Waals surface area (Å²) in [4.78, 5) is 8.87. The third-order valence-electron chi connectivity index (χ3n) is 4.02. The third-order valence-corrected chi connectivity index (χ3v) is 5.29. The number of aryl methyl sites for hydroxylation is 2. The molecule has 1 unspecified atom stereocenters. The molecule has 1 aliphatic rings. The smallest absolute Gasteiger partial charge is 0.211 e. The first-order chi connectivity index (χ1) is 10.8. The number of hydrogen-bond acceptors (Lipinski definition) is 5. The minimum Gasteiger partial charge on any atom is -0.374 e. The molecule has 3 heterocycles. The summed E-state index contributed by atoms with van der Waals surface area (Å²) in [6.07, 6.45) is 6.54. The van der Waals surface area contributed by atoms with Crippen LogP contribution < -0.4 is 0 Å². The summed E-state index contributed by atoms with van der Waals surface area (Å²) in [6, 6.07) is 0. The van der Waals surface area contributed by atoms with Crippen molar-refractivity contribution in [2.75, 3.05) is 26.0 Å². The fraction of sp³-hybridized carbons (Fsp3) is 0.571. The molecule has 1 aliphatic heterocycles. The zero-order valence-electron chi connectivity index (χ0n) is 13.9. The number of morpholine rings is 1. The molecule has 0 saturated carbocycles. The maximum atomic E-state index is 11.7. The van der Waals surface area contributed by atoms with Gasteiger partial charge < -0.3 is 13.9 Å². The van der Waals surface area contributed by atoms with E-state index in [1.54, 1.807) is 6.20 Å². The summed E-state index contributed by atoms with van der Waals surface area (Å²) in [6.45, 7) is 3.65. The van der Waals surface area contributed by atoms with Crippen LogP contribution in [0, 0.1) is 6.92 Å². The first-order valence-corrected chi connectivity index (χ1v) is 9.27. The summed E-state index contributed by atoms with van der Waals surface area (Å²) < 4.78 is 34.5. The topological polar surface area (TPSA) is 82.2 Å². The Morgan fingerprint density at radius 3 is 2.79 bits per heavy atom. The van der Waals surface area contributed by atoms with E-state index in [4.69, 9.17) is 4.74 Å². The minimum absolute atomic E-state index is 0. The molecule has 0 radical (unpaired) electrons. The fourth-order valence-electron chi connectivity index (χ4n) is 2.68. The van der Waals surface area contributed by atoms with Gasteiger partial charge in [0.15, 0.2) is 5.82 Å². The van der Waals surface area contributed by atoms with Crippen molar-refractivity contribution in [1.29, 1.82) is 0 Å². The van der Waals surface area contributed by atoms with E-state index in [9.17, 15) is 8.42 Å². The number of halogens is 1. The van der Waals surface area contributed by atoms with Gasteiger partial charge in [0.2, 0.25) is 10.0 Å². The summed E-state index contributed by atoms with van der Waals surface area (Å²) in [5, 5.41) is 0. The molecule has 3 rings (SSSR count). The van der Waals surface area contributed by atoms with E-state index in [2.05, 4.69) is 9.97 Å². The highest BCUT2D eigenvalue weighted by atomic mass is 35.5. The Labute approximate surface area is 147 Å². The summed E-state index contributed by atoms with van der Waals surface area (Å²) in [7, 11) is -1.25. The van der Waals surface area contributed by atoms with Crippen molar-refractivity contribution in [3.8, 4) is 11.5 Å². The lowest BCUT2D eigenvalue weighted by Gasteiger charge is -2.31. The Balaban J connectivity index is 0.00000208. The molecular weight excluding hydrogens is 354 g/mol. The predicted molar refractivity (Wildman–Crippen MR) is 92.6 cm³/mol. The van der Waals surface area contributed by atoms with E-state index in [1.807, 2.05) is 35.5 Å². The Morgan fingerprint density at radius 2 is 2.17 bits per heavy atom. The fourth-order valence-corrected chi connectivity index (χ4v) is 3.52. The quantitative estimate of drug-likeness (QED) is 0.784. The van der Waals surface area contributed by atoms with Crippen molar-refractivity contribution >= 4 is 22.4 Å². The lowest BCUT2D eigenvalue weighted by molar-refractivity contribution is -0.00979. The van der Waals surface area contributed by atoms with Crippen molar-refractivity contribution in [3.05, 3.63) is 24.4 Å². The van der Waals surface area contributed by atoms with Gasteiger partial charge in [-0.05, 0) is 6.92 Å². The van der Waals surface area contributed by atoms with Gasteiger partial charge in [0, 0.05) is 38.7 Å². The summed E-state index contributed by atoms with van der Waals surface area (Å²) >= 11 is 0. The minimum atomic E-state index is -3.19. The lowest BCUT2D eigenvalue weighted by atomic mass is 10.3. The highest BCUT2D eigenvalue weighted by molar-refractivity contribution is 7.88. The van der Waals surface area contributed by atoms with Gasteiger partial charge in [0.05, 0.1) is 25.5 Å². The molecule has 1 fully saturated rings. The number of aromatic nitrogens is 4. The van der Waals surface area contributed by atoms with Crippen LogP contribution in [0.4, 0.5) is 0 Å². The molecule has 8 nitrogen and oxygen atoms in total. The Bertz CT molecular complexity index is 782. The van der Waals surface area contributed by atoms with Gasteiger partial charge in [-0.15, -0.1) is 12.4 Å². The molecule has 0 N–H and O–H groups in total. The Kier molecular flexibility index (Phi) is 5.69. The van der Waals surface area contributed by atoms with E-state index in [0.29, 0.717) is 26.2 Å². The molecule has 0 bridgehead atoms. The SMILES string of the molecule is Cc1nc(-c2nccn2CC2CN(S(C)(=O)=O)CCO2)cn1C.Cl. The highest BCUT2D eigenvalue weighted by Crippen LogP contribution is 2.18. The maximum absolute atomic E-state index is 11.7. The molecule has 2 aromatic rings. The van der Waals surface area contributed by atoms with E-state index in [1.165, 1.54) is 10.6 Å². The summed E-state index contributed by atoms with van der Waals surface area (Å²) in [5.74, 6) is 1.67. The maximum Gasteiger partial charge on any atom is 0.211 e. The zero-order valence-corrected chi connectivity index (χ0v) is 15.5. The average Bonchev–Trinajstić information content (AvgIpc) is 3.06. The van der Waals surface area contributed by atoms with Crippen LogP contribution in [-0.2, 0) is 28.4 Å². The van der Waals surface area contributed by atoms with Crippen LogP contribution in [0.5, 0.6) is 0 Å². The van der Waals surface area contributed by atoms with Crippen LogP contribution >= 0.6 is 12.4 Å². The van der Waals surface area contributed by atoms with Crippen molar-refractivity contribution in [1.82, 2.24) is 23.4 Å². The second-order valence-electron chi connectivity index (χ2n) is 5.80. The van der Waals surface area contributed by atoms with Crippen LogP contribution in [0.15, 0.2) is 18.6 Å². The third kappa shape index (κ3) is 3.97. The van der Waals surface area contributed by atoms with Crippen LogP contribution in [-0.4, -0.2) is 63.9 Å². The molecule has 0 aromatic carbocycles. The first-order valence-electron chi connectivity index (χ1n) is 7.43. The second-order valence-corrected chi connectivity index (χ2v) is 7.78.